The lowest BCUT2D eigenvalue weighted by Gasteiger charge is -2.05. The van der Waals surface area contributed by atoms with Crippen molar-refractivity contribution < 1.29 is 0 Å². The van der Waals surface area contributed by atoms with Crippen LogP contribution in [-0.2, 0) is 13.6 Å². The van der Waals surface area contributed by atoms with Gasteiger partial charge in [0.1, 0.15) is 6.33 Å². The van der Waals surface area contributed by atoms with Crippen LogP contribution >= 0.6 is 11.6 Å². The minimum absolute atomic E-state index is 0.108. The van der Waals surface area contributed by atoms with Crippen molar-refractivity contribution in [3.63, 3.8) is 0 Å². The summed E-state index contributed by atoms with van der Waals surface area (Å²) < 4.78 is 2.87. The molecule has 17 heavy (non-hydrogen) atoms. The second-order valence-electron chi connectivity index (χ2n) is 3.68. The van der Waals surface area contributed by atoms with Gasteiger partial charge in [0.25, 0.3) is 0 Å². The van der Waals surface area contributed by atoms with Crippen molar-refractivity contribution in [2.75, 3.05) is 11.9 Å². The fourth-order valence-electron chi connectivity index (χ4n) is 1.45. The number of aromatic nitrogens is 3. The molecule has 0 spiro atoms. The van der Waals surface area contributed by atoms with Crippen LogP contribution in [0.15, 0.2) is 35.4 Å². The molecule has 90 valence electrons. The van der Waals surface area contributed by atoms with E-state index in [-0.39, 0.29) is 5.69 Å². The van der Waals surface area contributed by atoms with Gasteiger partial charge in [0.05, 0.1) is 6.54 Å². The number of rotatable bonds is 4. The molecule has 0 aliphatic rings. The van der Waals surface area contributed by atoms with Gasteiger partial charge in [-0.2, -0.15) is 5.10 Å². The summed E-state index contributed by atoms with van der Waals surface area (Å²) in [6.45, 7) is 1.17. The topological polar surface area (TPSA) is 51.9 Å². The summed E-state index contributed by atoms with van der Waals surface area (Å²) in [5.74, 6) is 0. The Morgan fingerprint density at radius 3 is 2.65 bits per heavy atom. The van der Waals surface area contributed by atoms with E-state index in [1.54, 1.807) is 7.05 Å². The van der Waals surface area contributed by atoms with Gasteiger partial charge in [0, 0.05) is 24.3 Å². The van der Waals surface area contributed by atoms with Gasteiger partial charge in [-0.25, -0.2) is 9.48 Å². The minimum atomic E-state index is -0.108. The molecule has 0 aliphatic carbocycles. The SMILES string of the molecule is Cn1cnn(CCNc2ccc(Cl)cc2)c1=O. The zero-order valence-electron chi connectivity index (χ0n) is 9.43. The lowest BCUT2D eigenvalue weighted by atomic mass is 10.3. The average Bonchev–Trinajstić information content (AvgIpc) is 2.64. The highest BCUT2D eigenvalue weighted by molar-refractivity contribution is 6.30. The number of nitrogens with zero attached hydrogens (tertiary/aromatic N) is 3. The number of nitrogens with one attached hydrogen (secondary N) is 1. The number of hydrogen-bond donors (Lipinski definition) is 1. The molecule has 1 aromatic carbocycles. The zero-order valence-corrected chi connectivity index (χ0v) is 10.2. The molecule has 1 N–H and O–H groups in total. The van der Waals surface area contributed by atoms with E-state index < -0.39 is 0 Å². The first-order chi connectivity index (χ1) is 8.16. The Kier molecular flexibility index (Phi) is 3.49. The molecule has 0 amide bonds. The molecule has 2 rings (SSSR count). The van der Waals surface area contributed by atoms with E-state index >= 15 is 0 Å². The van der Waals surface area contributed by atoms with E-state index in [1.807, 2.05) is 24.3 Å². The molecule has 0 aliphatic heterocycles. The molecule has 0 saturated heterocycles. The molecule has 1 heterocycles. The Bertz CT molecular complexity index is 543. The highest BCUT2D eigenvalue weighted by Crippen LogP contribution is 2.12. The van der Waals surface area contributed by atoms with Gasteiger partial charge in [-0.1, -0.05) is 11.6 Å². The third-order valence-corrected chi connectivity index (χ3v) is 2.64. The Morgan fingerprint density at radius 2 is 2.06 bits per heavy atom. The molecule has 5 nitrogen and oxygen atoms in total. The van der Waals surface area contributed by atoms with Gasteiger partial charge in [0.15, 0.2) is 0 Å². The first-order valence-electron chi connectivity index (χ1n) is 5.25. The molecule has 0 atom stereocenters. The Hall–Kier alpha value is -1.75. The molecule has 1 aromatic heterocycles. The number of anilines is 1. The van der Waals surface area contributed by atoms with E-state index in [9.17, 15) is 4.79 Å². The second-order valence-corrected chi connectivity index (χ2v) is 4.12. The molecule has 6 heteroatoms. The molecule has 2 aromatic rings. The van der Waals surface area contributed by atoms with Crippen molar-refractivity contribution in [3.05, 3.63) is 46.1 Å². The standard InChI is InChI=1S/C11H13ClN4O/c1-15-8-14-16(11(15)17)7-6-13-10-4-2-9(12)3-5-10/h2-5,8,13H,6-7H2,1H3. The van der Waals surface area contributed by atoms with Crippen molar-refractivity contribution >= 4 is 17.3 Å². The summed E-state index contributed by atoms with van der Waals surface area (Å²) >= 11 is 5.78. The van der Waals surface area contributed by atoms with E-state index in [2.05, 4.69) is 10.4 Å². The highest BCUT2D eigenvalue weighted by Gasteiger charge is 2.00. The quantitative estimate of drug-likeness (QED) is 0.894. The first kappa shape index (κ1) is 11.7. The number of hydrogen-bond acceptors (Lipinski definition) is 3. The monoisotopic (exact) mass is 252 g/mol. The van der Waals surface area contributed by atoms with Crippen LogP contribution in [-0.4, -0.2) is 20.9 Å². The van der Waals surface area contributed by atoms with Gasteiger partial charge < -0.3 is 5.32 Å². The van der Waals surface area contributed by atoms with Crippen molar-refractivity contribution in [3.8, 4) is 0 Å². The van der Waals surface area contributed by atoms with E-state index in [1.165, 1.54) is 15.6 Å². The molecule has 0 bridgehead atoms. The Morgan fingerprint density at radius 1 is 1.35 bits per heavy atom. The number of aryl methyl sites for hydroxylation is 1. The summed E-state index contributed by atoms with van der Waals surface area (Å²) in [5.41, 5.74) is 0.862. The van der Waals surface area contributed by atoms with Gasteiger partial charge in [-0.05, 0) is 24.3 Å². The van der Waals surface area contributed by atoms with E-state index in [0.717, 1.165) is 5.69 Å². The fourth-order valence-corrected chi connectivity index (χ4v) is 1.57. The smallest absolute Gasteiger partial charge is 0.345 e. The second kappa shape index (κ2) is 5.05. The van der Waals surface area contributed by atoms with Crippen molar-refractivity contribution in [2.24, 2.45) is 7.05 Å². The van der Waals surface area contributed by atoms with Gasteiger partial charge >= 0.3 is 5.69 Å². The molecule has 0 fully saturated rings. The highest BCUT2D eigenvalue weighted by atomic mass is 35.5. The lowest BCUT2D eigenvalue weighted by molar-refractivity contribution is 0.605. The largest absolute Gasteiger partial charge is 0.383 e. The molecular formula is C11H13ClN4O. The first-order valence-corrected chi connectivity index (χ1v) is 5.62. The summed E-state index contributed by atoms with van der Waals surface area (Å²) in [6.07, 6.45) is 1.50. The summed E-state index contributed by atoms with van der Waals surface area (Å²) in [5, 5.41) is 7.86. The molecule has 0 unspecified atom stereocenters. The maximum Gasteiger partial charge on any atom is 0.345 e. The fraction of sp³-hybridized carbons (Fsp3) is 0.273. The lowest BCUT2D eigenvalue weighted by Crippen LogP contribution is -2.25. The molecular weight excluding hydrogens is 240 g/mol. The van der Waals surface area contributed by atoms with Crippen LogP contribution < -0.4 is 11.0 Å². The van der Waals surface area contributed by atoms with Crippen LogP contribution in [0.25, 0.3) is 0 Å². The number of halogens is 1. The maximum absolute atomic E-state index is 11.5. The minimum Gasteiger partial charge on any atom is -0.383 e. The third kappa shape index (κ3) is 2.88. The van der Waals surface area contributed by atoms with Crippen molar-refractivity contribution in [1.29, 1.82) is 0 Å². The number of benzene rings is 1. The zero-order chi connectivity index (χ0) is 12.3. The Labute approximate surface area is 104 Å². The van der Waals surface area contributed by atoms with Crippen LogP contribution in [0.4, 0.5) is 5.69 Å². The average molecular weight is 253 g/mol. The van der Waals surface area contributed by atoms with Gasteiger partial charge in [-0.3, -0.25) is 4.57 Å². The van der Waals surface area contributed by atoms with E-state index in [4.69, 9.17) is 11.6 Å². The summed E-state index contributed by atoms with van der Waals surface area (Å²) in [6, 6.07) is 7.42. The van der Waals surface area contributed by atoms with Crippen LogP contribution in [0.3, 0.4) is 0 Å². The Balaban J connectivity index is 1.90. The predicted molar refractivity (Wildman–Crippen MR) is 67.4 cm³/mol. The van der Waals surface area contributed by atoms with Crippen LogP contribution in [0.5, 0.6) is 0 Å². The van der Waals surface area contributed by atoms with E-state index in [0.29, 0.717) is 18.1 Å². The maximum atomic E-state index is 11.5. The van der Waals surface area contributed by atoms with Crippen LogP contribution in [0, 0.1) is 0 Å². The van der Waals surface area contributed by atoms with Crippen LogP contribution in [0.2, 0.25) is 5.02 Å². The van der Waals surface area contributed by atoms with Crippen LogP contribution in [0.1, 0.15) is 0 Å². The normalized spacial score (nSPS) is 10.5. The molecule has 0 radical (unpaired) electrons. The van der Waals surface area contributed by atoms with Crippen molar-refractivity contribution in [1.82, 2.24) is 14.3 Å². The van der Waals surface area contributed by atoms with Crippen molar-refractivity contribution in [2.45, 2.75) is 6.54 Å². The van der Waals surface area contributed by atoms with Gasteiger partial charge in [-0.15, -0.1) is 0 Å². The third-order valence-electron chi connectivity index (χ3n) is 2.38. The predicted octanol–water partition coefficient (Wildman–Crippen LogP) is 1.35. The summed E-state index contributed by atoms with van der Waals surface area (Å²) in [4.78, 5) is 11.5. The molecule has 0 saturated carbocycles. The van der Waals surface area contributed by atoms with Gasteiger partial charge in [0.2, 0.25) is 0 Å². The summed E-state index contributed by atoms with van der Waals surface area (Å²) in [7, 11) is 1.68.